The summed E-state index contributed by atoms with van der Waals surface area (Å²) in [5.74, 6) is -0.847. The van der Waals surface area contributed by atoms with Crippen LogP contribution in [0.4, 0.5) is 4.39 Å². The van der Waals surface area contributed by atoms with Crippen molar-refractivity contribution in [3.63, 3.8) is 0 Å². The number of rotatable bonds is 4. The van der Waals surface area contributed by atoms with E-state index in [1.807, 2.05) is 0 Å². The number of sulfone groups is 1. The van der Waals surface area contributed by atoms with E-state index in [1.54, 1.807) is 0 Å². The molecule has 128 valence electrons. The van der Waals surface area contributed by atoms with Crippen molar-refractivity contribution in [3.05, 3.63) is 18.2 Å². The highest BCUT2D eigenvalue weighted by atomic mass is 32.2. The molecule has 0 aliphatic carbocycles. The predicted molar refractivity (Wildman–Crippen MR) is 76.9 cm³/mol. The van der Waals surface area contributed by atoms with E-state index in [1.165, 1.54) is 16.7 Å². The lowest BCUT2D eigenvalue weighted by Crippen LogP contribution is -2.71. The first-order valence-corrected chi connectivity index (χ1v) is 8.85. The predicted octanol–water partition coefficient (Wildman–Crippen LogP) is -0.937. The van der Waals surface area contributed by atoms with Gasteiger partial charge in [-0.05, 0) is 0 Å². The van der Waals surface area contributed by atoms with Crippen molar-refractivity contribution in [1.82, 2.24) is 14.7 Å². The average Bonchev–Trinajstić information content (AvgIpc) is 2.84. The Bertz CT molecular complexity index is 698. The lowest BCUT2D eigenvalue weighted by Gasteiger charge is -2.52. The smallest absolute Gasteiger partial charge is 0.248 e. The quantitative estimate of drug-likeness (QED) is 0.698. The van der Waals surface area contributed by atoms with Crippen molar-refractivity contribution in [2.45, 2.75) is 17.4 Å². The molecule has 23 heavy (non-hydrogen) atoms. The number of methoxy groups -OCH3 is 1. The number of hydrogen-bond donors (Lipinski definition) is 0. The maximum Gasteiger partial charge on any atom is 0.248 e. The van der Waals surface area contributed by atoms with Gasteiger partial charge in [-0.3, -0.25) is 9.48 Å². The number of aromatic nitrogens is 2. The summed E-state index contributed by atoms with van der Waals surface area (Å²) in [6.07, 6.45) is 2.18. The maximum atomic E-state index is 12.9. The number of likely N-dealkylation sites (tertiary alicyclic amines) is 1. The van der Waals surface area contributed by atoms with Crippen LogP contribution >= 0.6 is 0 Å². The van der Waals surface area contributed by atoms with Gasteiger partial charge in [0.1, 0.15) is 17.5 Å². The molecule has 2 aliphatic heterocycles. The summed E-state index contributed by atoms with van der Waals surface area (Å²) in [5.41, 5.74) is -0.825. The molecule has 1 spiro atoms. The molecule has 2 saturated heterocycles. The Hall–Kier alpha value is -1.52. The van der Waals surface area contributed by atoms with Crippen LogP contribution in [0.2, 0.25) is 0 Å². The van der Waals surface area contributed by atoms with Crippen LogP contribution in [0, 0.1) is 5.82 Å². The van der Waals surface area contributed by atoms with Gasteiger partial charge < -0.3 is 14.4 Å². The van der Waals surface area contributed by atoms with Crippen LogP contribution in [0.1, 0.15) is 0 Å². The molecule has 10 heteroatoms. The third-order valence-electron chi connectivity index (χ3n) is 4.12. The van der Waals surface area contributed by atoms with E-state index >= 15 is 0 Å². The van der Waals surface area contributed by atoms with Gasteiger partial charge >= 0.3 is 0 Å². The topological polar surface area (TPSA) is 90.7 Å². The van der Waals surface area contributed by atoms with Crippen molar-refractivity contribution in [3.8, 4) is 0 Å². The number of hydrogen-bond acceptors (Lipinski definition) is 6. The second-order valence-electron chi connectivity index (χ2n) is 5.99. The SMILES string of the molecule is COCC(=O)N1CC2(C1)CS(=O)(=O)[C@@H](Cn1cc(F)cn1)CO2. The first-order valence-electron chi connectivity index (χ1n) is 7.14. The number of carbonyl (C=O) groups excluding carboxylic acids is 1. The molecular formula is C13H18FN3O5S. The molecule has 0 saturated carbocycles. The summed E-state index contributed by atoms with van der Waals surface area (Å²) in [4.78, 5) is 13.2. The first-order chi connectivity index (χ1) is 10.8. The van der Waals surface area contributed by atoms with Gasteiger partial charge in [0, 0.05) is 7.11 Å². The monoisotopic (exact) mass is 347 g/mol. The van der Waals surface area contributed by atoms with Crippen LogP contribution in [-0.4, -0.2) is 79.0 Å². The van der Waals surface area contributed by atoms with E-state index in [0.717, 1.165) is 12.4 Å². The molecule has 1 aromatic heterocycles. The van der Waals surface area contributed by atoms with E-state index in [4.69, 9.17) is 9.47 Å². The summed E-state index contributed by atoms with van der Waals surface area (Å²) < 4.78 is 49.6. The molecule has 0 unspecified atom stereocenters. The molecule has 8 nitrogen and oxygen atoms in total. The third kappa shape index (κ3) is 3.24. The van der Waals surface area contributed by atoms with E-state index < -0.39 is 26.5 Å². The number of nitrogens with zero attached hydrogens (tertiary/aromatic N) is 3. The summed E-state index contributed by atoms with van der Waals surface area (Å²) in [6.45, 7) is 0.524. The van der Waals surface area contributed by atoms with Crippen LogP contribution < -0.4 is 0 Å². The molecule has 0 bridgehead atoms. The third-order valence-corrected chi connectivity index (χ3v) is 6.35. The van der Waals surface area contributed by atoms with Crippen LogP contribution in [0.25, 0.3) is 0 Å². The van der Waals surface area contributed by atoms with E-state index in [0.29, 0.717) is 0 Å². The number of ether oxygens (including phenoxy) is 2. The first kappa shape index (κ1) is 16.3. The van der Waals surface area contributed by atoms with Gasteiger partial charge in [-0.2, -0.15) is 5.10 Å². The standard InChI is InChI=1S/C13H18FN3O5S/c1-21-6-12(18)16-7-13(8-16)9-23(19,20)11(5-22-13)4-17-3-10(14)2-15-17/h2-3,11H,4-9H2,1H3/t11-/m0/s1. The van der Waals surface area contributed by atoms with Crippen molar-refractivity contribution in [2.75, 3.05) is 39.2 Å². The summed E-state index contributed by atoms with van der Waals surface area (Å²) in [6, 6.07) is 0. The molecule has 0 aromatic carbocycles. The molecule has 0 radical (unpaired) electrons. The molecule has 1 amide bonds. The number of carbonyl (C=O) groups is 1. The zero-order valence-electron chi connectivity index (χ0n) is 12.6. The normalized spacial score (nSPS) is 25.3. The van der Waals surface area contributed by atoms with E-state index in [2.05, 4.69) is 5.10 Å². The molecule has 2 fully saturated rings. The highest BCUT2D eigenvalue weighted by molar-refractivity contribution is 7.92. The van der Waals surface area contributed by atoms with Crippen LogP contribution in [0.15, 0.2) is 12.4 Å². The number of amides is 1. The van der Waals surface area contributed by atoms with Gasteiger partial charge in [-0.1, -0.05) is 0 Å². The lowest BCUT2D eigenvalue weighted by molar-refractivity contribution is -0.168. The zero-order chi connectivity index (χ0) is 16.7. The fourth-order valence-electron chi connectivity index (χ4n) is 2.94. The fraction of sp³-hybridized carbons (Fsp3) is 0.692. The Balaban J connectivity index is 1.61. The van der Waals surface area contributed by atoms with Crippen molar-refractivity contribution < 1.29 is 27.1 Å². The highest BCUT2D eigenvalue weighted by Crippen LogP contribution is 2.33. The van der Waals surface area contributed by atoms with Gasteiger partial charge in [0.2, 0.25) is 5.91 Å². The van der Waals surface area contributed by atoms with E-state index in [9.17, 15) is 17.6 Å². The minimum absolute atomic E-state index is 0.0100. The maximum absolute atomic E-state index is 12.9. The minimum Gasteiger partial charge on any atom is -0.375 e. The average molecular weight is 347 g/mol. The van der Waals surface area contributed by atoms with Gasteiger partial charge in [-0.15, -0.1) is 0 Å². The summed E-state index contributed by atoms with van der Waals surface area (Å²) >= 11 is 0. The minimum atomic E-state index is -3.42. The summed E-state index contributed by atoms with van der Waals surface area (Å²) in [7, 11) is -1.99. The number of halogens is 1. The van der Waals surface area contributed by atoms with Crippen molar-refractivity contribution in [2.24, 2.45) is 0 Å². The summed E-state index contributed by atoms with van der Waals surface area (Å²) in [5, 5.41) is 2.99. The Morgan fingerprint density at radius 3 is 2.87 bits per heavy atom. The van der Waals surface area contributed by atoms with Crippen molar-refractivity contribution in [1.29, 1.82) is 0 Å². The molecule has 0 N–H and O–H groups in total. The van der Waals surface area contributed by atoms with E-state index in [-0.39, 0.29) is 44.5 Å². The largest absolute Gasteiger partial charge is 0.375 e. The molecule has 3 rings (SSSR count). The van der Waals surface area contributed by atoms with Crippen LogP contribution in [0.5, 0.6) is 0 Å². The Labute approximate surface area is 133 Å². The highest BCUT2D eigenvalue weighted by Gasteiger charge is 2.53. The Kier molecular flexibility index (Phi) is 4.15. The molecule has 2 aliphatic rings. The van der Waals surface area contributed by atoms with Crippen molar-refractivity contribution >= 4 is 15.7 Å². The van der Waals surface area contributed by atoms with Gasteiger partial charge in [0.25, 0.3) is 0 Å². The molecule has 1 atom stereocenters. The molecule has 1 aromatic rings. The Morgan fingerprint density at radius 2 is 2.30 bits per heavy atom. The zero-order valence-corrected chi connectivity index (χ0v) is 13.5. The second kappa shape index (κ2) is 5.84. The van der Waals surface area contributed by atoms with Crippen LogP contribution in [0.3, 0.4) is 0 Å². The fourth-order valence-corrected chi connectivity index (χ4v) is 4.83. The van der Waals surface area contributed by atoms with Gasteiger partial charge in [-0.25, -0.2) is 12.8 Å². The molecular weight excluding hydrogens is 329 g/mol. The van der Waals surface area contributed by atoms with Gasteiger partial charge in [0.05, 0.1) is 44.4 Å². The second-order valence-corrected chi connectivity index (χ2v) is 8.27. The van der Waals surface area contributed by atoms with Crippen LogP contribution in [-0.2, 0) is 30.7 Å². The Morgan fingerprint density at radius 1 is 1.57 bits per heavy atom. The molecule has 3 heterocycles. The van der Waals surface area contributed by atoms with Gasteiger partial charge in [0.15, 0.2) is 15.7 Å². The lowest BCUT2D eigenvalue weighted by atomic mass is 9.95.